The van der Waals surface area contributed by atoms with Crippen LogP contribution in [-0.4, -0.2) is 44.1 Å². The van der Waals surface area contributed by atoms with Crippen LogP contribution in [0.3, 0.4) is 0 Å². The average molecular weight is 304 g/mol. The number of rotatable bonds is 8. The van der Waals surface area contributed by atoms with Gasteiger partial charge >= 0.3 is 0 Å². The summed E-state index contributed by atoms with van der Waals surface area (Å²) in [5.74, 6) is 0.864. The van der Waals surface area contributed by atoms with Gasteiger partial charge in [0.05, 0.1) is 6.04 Å². The predicted octanol–water partition coefficient (Wildman–Crippen LogP) is 2.95. The van der Waals surface area contributed by atoms with Crippen LogP contribution in [0.5, 0.6) is 0 Å². The fraction of sp³-hybridized carbons (Fsp3) is 0.611. The van der Waals surface area contributed by atoms with Crippen molar-refractivity contribution in [3.63, 3.8) is 0 Å². The van der Waals surface area contributed by atoms with Crippen molar-refractivity contribution in [3.05, 3.63) is 35.4 Å². The number of aryl methyl sites for hydroxylation is 1. The second-order valence-corrected chi connectivity index (χ2v) is 5.66. The Morgan fingerprint density at radius 2 is 1.95 bits per heavy atom. The zero-order valence-electron chi connectivity index (χ0n) is 14.8. The van der Waals surface area contributed by atoms with Crippen molar-refractivity contribution in [1.29, 1.82) is 0 Å². The van der Waals surface area contributed by atoms with Gasteiger partial charge in [0.2, 0.25) is 0 Å². The number of aliphatic imine (C=N–C) groups is 1. The molecule has 22 heavy (non-hydrogen) atoms. The fourth-order valence-corrected chi connectivity index (χ4v) is 2.63. The van der Waals surface area contributed by atoms with Crippen LogP contribution in [0.1, 0.15) is 44.4 Å². The van der Waals surface area contributed by atoms with Crippen LogP contribution in [-0.2, 0) is 0 Å². The highest BCUT2D eigenvalue weighted by Gasteiger charge is 2.09. The molecule has 0 saturated heterocycles. The van der Waals surface area contributed by atoms with Gasteiger partial charge in [0.25, 0.3) is 0 Å². The molecule has 0 aliphatic heterocycles. The molecule has 2 N–H and O–H groups in total. The molecule has 1 unspecified atom stereocenters. The highest BCUT2D eigenvalue weighted by Crippen LogP contribution is 2.16. The maximum absolute atomic E-state index is 4.33. The molecule has 0 aromatic heterocycles. The smallest absolute Gasteiger partial charge is 0.191 e. The van der Waals surface area contributed by atoms with Crippen LogP contribution in [0.15, 0.2) is 29.3 Å². The lowest BCUT2D eigenvalue weighted by Gasteiger charge is -2.22. The molecule has 0 heterocycles. The van der Waals surface area contributed by atoms with Crippen molar-refractivity contribution in [2.75, 3.05) is 33.2 Å². The minimum atomic E-state index is 0.241. The third-order valence-electron chi connectivity index (χ3n) is 3.94. The van der Waals surface area contributed by atoms with Gasteiger partial charge < -0.3 is 15.5 Å². The number of benzene rings is 1. The molecule has 0 radical (unpaired) electrons. The van der Waals surface area contributed by atoms with Gasteiger partial charge in [-0.2, -0.15) is 0 Å². The molecule has 0 aliphatic carbocycles. The first kappa shape index (κ1) is 18.5. The number of nitrogens with zero attached hydrogens (tertiary/aromatic N) is 2. The van der Waals surface area contributed by atoms with Crippen LogP contribution in [0, 0.1) is 6.92 Å². The van der Waals surface area contributed by atoms with Crippen molar-refractivity contribution >= 4 is 5.96 Å². The third-order valence-corrected chi connectivity index (χ3v) is 3.94. The molecule has 1 atom stereocenters. The van der Waals surface area contributed by atoms with Crippen LogP contribution >= 0.6 is 0 Å². The Labute approximate surface area is 136 Å². The van der Waals surface area contributed by atoms with Gasteiger partial charge in [-0.3, -0.25) is 4.99 Å². The van der Waals surface area contributed by atoms with Crippen LogP contribution in [0.25, 0.3) is 0 Å². The van der Waals surface area contributed by atoms with Crippen molar-refractivity contribution in [2.24, 2.45) is 4.99 Å². The van der Waals surface area contributed by atoms with E-state index < -0.39 is 0 Å². The van der Waals surface area contributed by atoms with Gasteiger partial charge in [-0.1, -0.05) is 38.1 Å². The Morgan fingerprint density at radius 3 is 2.55 bits per heavy atom. The van der Waals surface area contributed by atoms with Crippen molar-refractivity contribution in [3.8, 4) is 0 Å². The molecule has 0 saturated carbocycles. The van der Waals surface area contributed by atoms with E-state index in [1.165, 1.54) is 17.5 Å². The van der Waals surface area contributed by atoms with Crippen LogP contribution in [0.4, 0.5) is 0 Å². The summed E-state index contributed by atoms with van der Waals surface area (Å²) in [5, 5.41) is 6.88. The molecule has 1 aromatic rings. The fourth-order valence-electron chi connectivity index (χ4n) is 2.63. The summed E-state index contributed by atoms with van der Waals surface area (Å²) in [6.07, 6.45) is 1.20. The minimum absolute atomic E-state index is 0.241. The second kappa shape index (κ2) is 10.2. The summed E-state index contributed by atoms with van der Waals surface area (Å²) in [7, 11) is 1.82. The monoisotopic (exact) mass is 304 g/mol. The van der Waals surface area contributed by atoms with Gasteiger partial charge in [-0.25, -0.2) is 0 Å². The number of hydrogen-bond donors (Lipinski definition) is 2. The number of guanidine groups is 1. The van der Waals surface area contributed by atoms with Crippen molar-refractivity contribution < 1.29 is 0 Å². The quantitative estimate of drug-likeness (QED) is 0.573. The first-order valence-corrected chi connectivity index (χ1v) is 8.37. The zero-order valence-corrected chi connectivity index (χ0v) is 14.8. The highest BCUT2D eigenvalue weighted by atomic mass is 15.2. The van der Waals surface area contributed by atoms with Gasteiger partial charge in [0.1, 0.15) is 0 Å². The molecule has 0 aliphatic rings. The van der Waals surface area contributed by atoms with E-state index in [2.05, 4.69) is 72.5 Å². The first-order valence-electron chi connectivity index (χ1n) is 8.37. The molecule has 1 aromatic carbocycles. The molecule has 0 fully saturated rings. The first-order chi connectivity index (χ1) is 10.6. The summed E-state index contributed by atoms with van der Waals surface area (Å²) < 4.78 is 0. The predicted molar refractivity (Wildman–Crippen MR) is 96.5 cm³/mol. The van der Waals surface area contributed by atoms with E-state index in [1.54, 1.807) is 0 Å². The lowest BCUT2D eigenvalue weighted by Crippen LogP contribution is -2.42. The van der Waals surface area contributed by atoms with Crippen LogP contribution < -0.4 is 10.6 Å². The molecule has 4 nitrogen and oxygen atoms in total. The van der Waals surface area contributed by atoms with E-state index in [4.69, 9.17) is 0 Å². The van der Waals surface area contributed by atoms with Crippen molar-refractivity contribution in [2.45, 2.75) is 40.2 Å². The van der Waals surface area contributed by atoms with E-state index in [0.717, 1.165) is 32.1 Å². The average Bonchev–Trinajstić information content (AvgIpc) is 2.53. The molecule has 1 rings (SSSR count). The summed E-state index contributed by atoms with van der Waals surface area (Å²) in [5.41, 5.74) is 2.62. The topological polar surface area (TPSA) is 39.7 Å². The zero-order chi connectivity index (χ0) is 16.4. The number of nitrogens with one attached hydrogen (secondary N) is 2. The molecular weight excluding hydrogens is 272 g/mol. The summed E-state index contributed by atoms with van der Waals surface area (Å²) in [4.78, 5) is 6.78. The number of likely N-dealkylation sites (N-methyl/N-ethyl adjacent to an activating group) is 1. The summed E-state index contributed by atoms with van der Waals surface area (Å²) in [6, 6.07) is 8.71. The van der Waals surface area contributed by atoms with Gasteiger partial charge in [-0.05, 0) is 44.5 Å². The Balaban J connectivity index is 2.47. The Hall–Kier alpha value is -1.55. The Kier molecular flexibility index (Phi) is 8.60. The lowest BCUT2D eigenvalue weighted by molar-refractivity contribution is 0.293. The largest absolute Gasteiger partial charge is 0.355 e. The van der Waals surface area contributed by atoms with E-state index in [9.17, 15) is 0 Å². The summed E-state index contributed by atoms with van der Waals surface area (Å²) in [6.45, 7) is 13.0. The Bertz CT molecular complexity index is 456. The number of hydrogen-bond acceptors (Lipinski definition) is 2. The molecule has 0 bridgehead atoms. The van der Waals surface area contributed by atoms with E-state index in [0.29, 0.717) is 0 Å². The molecular formula is C18H32N4. The highest BCUT2D eigenvalue weighted by molar-refractivity contribution is 5.80. The van der Waals surface area contributed by atoms with E-state index >= 15 is 0 Å². The van der Waals surface area contributed by atoms with Gasteiger partial charge in [0, 0.05) is 20.1 Å². The molecule has 4 heteroatoms. The van der Waals surface area contributed by atoms with Gasteiger partial charge in [-0.15, -0.1) is 0 Å². The van der Waals surface area contributed by atoms with E-state index in [1.807, 2.05) is 7.05 Å². The summed E-state index contributed by atoms with van der Waals surface area (Å²) >= 11 is 0. The van der Waals surface area contributed by atoms with E-state index in [-0.39, 0.29) is 6.04 Å². The molecule has 124 valence electrons. The Morgan fingerprint density at radius 1 is 1.23 bits per heavy atom. The standard InChI is InChI=1S/C18H32N4/c1-6-13-22(7-2)14-12-20-18(19-5)21-16(4)17-11-9-8-10-15(17)3/h8-11,16H,6-7,12-14H2,1-5H3,(H2,19,20,21). The van der Waals surface area contributed by atoms with Crippen molar-refractivity contribution in [1.82, 2.24) is 15.5 Å². The third kappa shape index (κ3) is 6.06. The van der Waals surface area contributed by atoms with Gasteiger partial charge in [0.15, 0.2) is 5.96 Å². The minimum Gasteiger partial charge on any atom is -0.355 e. The lowest BCUT2D eigenvalue weighted by atomic mass is 10.0. The normalized spacial score (nSPS) is 13.3. The second-order valence-electron chi connectivity index (χ2n) is 5.66. The SMILES string of the molecule is CCCN(CC)CCNC(=NC)NC(C)c1ccccc1C. The molecule has 0 spiro atoms. The maximum atomic E-state index is 4.33. The van der Waals surface area contributed by atoms with Crippen LogP contribution in [0.2, 0.25) is 0 Å². The maximum Gasteiger partial charge on any atom is 0.191 e. The molecule has 0 amide bonds.